The highest BCUT2D eigenvalue weighted by atomic mass is 19.1. The van der Waals surface area contributed by atoms with E-state index >= 15 is 0 Å². The van der Waals surface area contributed by atoms with E-state index in [4.69, 9.17) is 0 Å². The summed E-state index contributed by atoms with van der Waals surface area (Å²) in [4.78, 5) is 31.6. The molecule has 0 fully saturated rings. The Labute approximate surface area is 119 Å². The maximum Gasteiger partial charge on any atom is 0.340 e. The van der Waals surface area contributed by atoms with Crippen LogP contribution in [0.25, 0.3) is 11.0 Å². The Morgan fingerprint density at radius 1 is 1.48 bits per heavy atom. The SMILES string of the molecule is C=C(C)N(C)c1nc2cc(C(=O)OC)c(F)cc2[nH]c1=O. The monoisotopic (exact) mass is 291 g/mol. The molecule has 1 N–H and O–H groups in total. The molecule has 1 aromatic heterocycles. The molecule has 0 aliphatic heterocycles. The second-order valence-electron chi connectivity index (χ2n) is 4.52. The Balaban J connectivity index is 2.71. The van der Waals surface area contributed by atoms with Crippen molar-refractivity contribution in [1.29, 1.82) is 0 Å². The number of rotatable bonds is 3. The molecule has 0 bridgehead atoms. The maximum atomic E-state index is 13.8. The average molecular weight is 291 g/mol. The number of ether oxygens (including phenoxy) is 1. The third kappa shape index (κ3) is 2.62. The van der Waals surface area contributed by atoms with Crippen LogP contribution >= 0.6 is 0 Å². The number of aromatic amines is 1. The van der Waals surface area contributed by atoms with Gasteiger partial charge < -0.3 is 14.6 Å². The normalized spacial score (nSPS) is 10.5. The molecule has 0 amide bonds. The van der Waals surface area contributed by atoms with E-state index in [1.165, 1.54) is 11.0 Å². The lowest BCUT2D eigenvalue weighted by Gasteiger charge is -2.17. The van der Waals surface area contributed by atoms with Crippen LogP contribution in [0.1, 0.15) is 17.3 Å². The first-order chi connectivity index (χ1) is 9.85. The number of benzene rings is 1. The first kappa shape index (κ1) is 14.7. The van der Waals surface area contributed by atoms with Crippen LogP contribution in [0.2, 0.25) is 0 Å². The summed E-state index contributed by atoms with van der Waals surface area (Å²) in [5, 5.41) is 0. The van der Waals surface area contributed by atoms with E-state index in [0.29, 0.717) is 5.70 Å². The van der Waals surface area contributed by atoms with Gasteiger partial charge in [-0.2, -0.15) is 0 Å². The van der Waals surface area contributed by atoms with Crippen LogP contribution in [-0.2, 0) is 4.74 Å². The lowest BCUT2D eigenvalue weighted by Crippen LogP contribution is -2.24. The van der Waals surface area contributed by atoms with Crippen molar-refractivity contribution in [2.45, 2.75) is 6.92 Å². The summed E-state index contributed by atoms with van der Waals surface area (Å²) in [6, 6.07) is 2.28. The molecule has 110 valence electrons. The van der Waals surface area contributed by atoms with Crippen molar-refractivity contribution >= 4 is 22.8 Å². The number of esters is 1. The van der Waals surface area contributed by atoms with Crippen LogP contribution in [0, 0.1) is 5.82 Å². The molecule has 0 saturated carbocycles. The predicted molar refractivity (Wildman–Crippen MR) is 76.9 cm³/mol. The lowest BCUT2D eigenvalue weighted by molar-refractivity contribution is 0.0595. The zero-order valence-electron chi connectivity index (χ0n) is 11.9. The summed E-state index contributed by atoms with van der Waals surface area (Å²) in [5.74, 6) is -1.48. The largest absolute Gasteiger partial charge is 0.465 e. The number of aromatic nitrogens is 2. The molecule has 0 saturated heterocycles. The number of allylic oxidation sites excluding steroid dienone is 1. The van der Waals surface area contributed by atoms with Crippen molar-refractivity contribution in [1.82, 2.24) is 9.97 Å². The summed E-state index contributed by atoms with van der Waals surface area (Å²) in [6.45, 7) is 5.44. The van der Waals surface area contributed by atoms with Crippen LogP contribution in [0.15, 0.2) is 29.2 Å². The van der Waals surface area contributed by atoms with Crippen LogP contribution in [0.4, 0.5) is 10.2 Å². The van der Waals surface area contributed by atoms with E-state index in [1.807, 2.05) is 0 Å². The summed E-state index contributed by atoms with van der Waals surface area (Å²) < 4.78 is 18.3. The summed E-state index contributed by atoms with van der Waals surface area (Å²) in [7, 11) is 2.79. The molecule has 2 rings (SSSR count). The molecule has 1 aromatic carbocycles. The Bertz CT molecular complexity index is 798. The summed E-state index contributed by atoms with van der Waals surface area (Å²) >= 11 is 0. The standard InChI is InChI=1S/C14H14FN3O3/c1-7(2)18(3)12-13(19)17-11-6-9(15)8(14(20)21-4)5-10(11)16-12/h5-6H,1H2,2-4H3,(H,17,19). The number of nitrogens with one attached hydrogen (secondary N) is 1. The molecule has 0 unspecified atom stereocenters. The highest BCUT2D eigenvalue weighted by molar-refractivity contribution is 5.94. The maximum absolute atomic E-state index is 13.8. The highest BCUT2D eigenvalue weighted by Crippen LogP contribution is 2.18. The topological polar surface area (TPSA) is 75.3 Å². The fraction of sp³-hybridized carbons (Fsp3) is 0.214. The Morgan fingerprint density at radius 2 is 2.14 bits per heavy atom. The number of anilines is 1. The van der Waals surface area contributed by atoms with Crippen LogP contribution < -0.4 is 10.5 Å². The predicted octanol–water partition coefficient (Wildman–Crippen LogP) is 1.82. The third-order valence-corrected chi connectivity index (χ3v) is 3.06. The van der Waals surface area contributed by atoms with Gasteiger partial charge in [0.2, 0.25) is 0 Å². The molecule has 0 aliphatic carbocycles. The minimum Gasteiger partial charge on any atom is -0.465 e. The van der Waals surface area contributed by atoms with Gasteiger partial charge in [0.05, 0.1) is 23.7 Å². The van der Waals surface area contributed by atoms with Crippen LogP contribution in [0.3, 0.4) is 0 Å². The smallest absolute Gasteiger partial charge is 0.340 e. The molecular formula is C14H14FN3O3. The summed E-state index contributed by atoms with van der Waals surface area (Å²) in [6.07, 6.45) is 0. The zero-order valence-corrected chi connectivity index (χ0v) is 11.9. The van der Waals surface area contributed by atoms with E-state index in [-0.39, 0.29) is 22.4 Å². The number of carbonyl (C=O) groups is 1. The highest BCUT2D eigenvalue weighted by Gasteiger charge is 2.16. The number of halogens is 1. The molecule has 0 spiro atoms. The van der Waals surface area contributed by atoms with E-state index in [1.54, 1.807) is 14.0 Å². The number of nitrogens with zero attached hydrogens (tertiary/aromatic N) is 2. The molecule has 6 nitrogen and oxygen atoms in total. The van der Waals surface area contributed by atoms with Crippen molar-refractivity contribution in [3.8, 4) is 0 Å². The quantitative estimate of drug-likeness (QED) is 0.873. The number of fused-ring (bicyclic) bond motifs is 1. The van der Waals surface area contributed by atoms with Gasteiger partial charge in [-0.25, -0.2) is 14.2 Å². The van der Waals surface area contributed by atoms with E-state index in [0.717, 1.165) is 13.2 Å². The fourth-order valence-electron chi connectivity index (χ4n) is 1.77. The molecule has 1 heterocycles. The van der Waals surface area contributed by atoms with Gasteiger partial charge in [0, 0.05) is 18.8 Å². The number of H-pyrrole nitrogens is 1. The number of methoxy groups -OCH3 is 1. The third-order valence-electron chi connectivity index (χ3n) is 3.06. The van der Waals surface area contributed by atoms with Gasteiger partial charge in [-0.15, -0.1) is 0 Å². The Kier molecular flexibility index (Phi) is 3.75. The Morgan fingerprint density at radius 3 is 2.71 bits per heavy atom. The Hall–Kier alpha value is -2.70. The fourth-order valence-corrected chi connectivity index (χ4v) is 1.77. The van der Waals surface area contributed by atoms with Gasteiger partial charge in [-0.05, 0) is 13.0 Å². The minimum atomic E-state index is -0.808. The van der Waals surface area contributed by atoms with E-state index in [9.17, 15) is 14.0 Å². The van der Waals surface area contributed by atoms with Crippen molar-refractivity contribution in [3.63, 3.8) is 0 Å². The molecule has 7 heteroatoms. The van der Waals surface area contributed by atoms with Gasteiger partial charge >= 0.3 is 5.97 Å². The molecule has 0 radical (unpaired) electrons. The van der Waals surface area contributed by atoms with Crippen LogP contribution in [-0.4, -0.2) is 30.1 Å². The van der Waals surface area contributed by atoms with Gasteiger partial charge in [-0.3, -0.25) is 4.79 Å². The zero-order chi connectivity index (χ0) is 15.7. The summed E-state index contributed by atoms with van der Waals surface area (Å²) in [5.41, 5.74) is 0.373. The van der Waals surface area contributed by atoms with Gasteiger partial charge in [0.15, 0.2) is 5.82 Å². The number of hydrogen-bond donors (Lipinski definition) is 1. The van der Waals surface area contributed by atoms with Crippen molar-refractivity contribution in [3.05, 3.63) is 46.1 Å². The van der Waals surface area contributed by atoms with Crippen molar-refractivity contribution in [2.75, 3.05) is 19.1 Å². The van der Waals surface area contributed by atoms with Crippen molar-refractivity contribution in [2.24, 2.45) is 0 Å². The second kappa shape index (κ2) is 5.35. The van der Waals surface area contributed by atoms with Gasteiger partial charge in [0.25, 0.3) is 5.56 Å². The molecule has 0 aliphatic rings. The van der Waals surface area contributed by atoms with Gasteiger partial charge in [-0.1, -0.05) is 6.58 Å². The second-order valence-corrected chi connectivity index (χ2v) is 4.52. The lowest BCUT2D eigenvalue weighted by atomic mass is 10.2. The minimum absolute atomic E-state index is 0.109. The number of hydrogen-bond acceptors (Lipinski definition) is 5. The molecule has 0 atom stereocenters. The van der Waals surface area contributed by atoms with E-state index < -0.39 is 17.3 Å². The molecule has 2 aromatic rings. The first-order valence-electron chi connectivity index (χ1n) is 6.06. The molecule has 21 heavy (non-hydrogen) atoms. The first-order valence-corrected chi connectivity index (χ1v) is 6.06. The van der Waals surface area contributed by atoms with Gasteiger partial charge in [0.1, 0.15) is 5.82 Å². The number of carbonyl (C=O) groups excluding carboxylic acids is 1. The average Bonchev–Trinajstić information content (AvgIpc) is 2.44. The molecular weight excluding hydrogens is 277 g/mol. The van der Waals surface area contributed by atoms with Crippen molar-refractivity contribution < 1.29 is 13.9 Å². The van der Waals surface area contributed by atoms with E-state index in [2.05, 4.69) is 21.3 Å². The van der Waals surface area contributed by atoms with Crippen LogP contribution in [0.5, 0.6) is 0 Å².